The average Bonchev–Trinajstić information content (AvgIpc) is 3.19. The molecule has 0 spiro atoms. The van der Waals surface area contributed by atoms with Crippen LogP contribution in [0.1, 0.15) is 54.9 Å². The van der Waals surface area contributed by atoms with Crippen LogP contribution in [0.3, 0.4) is 0 Å². The predicted octanol–water partition coefficient (Wildman–Crippen LogP) is 7.77. The fourth-order valence-corrected chi connectivity index (χ4v) is 7.89. The van der Waals surface area contributed by atoms with Gasteiger partial charge in [-0.1, -0.05) is 91.7 Å². The number of benzene rings is 2. The number of thioether (sulfide) groups is 1. The quantitative estimate of drug-likeness (QED) is 0.493. The highest BCUT2D eigenvalue weighted by molar-refractivity contribution is 8.77. The van der Waals surface area contributed by atoms with Crippen LogP contribution in [0.15, 0.2) is 53.4 Å². The van der Waals surface area contributed by atoms with Crippen LogP contribution in [-0.2, 0) is 5.75 Å². The molecule has 0 aliphatic carbocycles. The van der Waals surface area contributed by atoms with Gasteiger partial charge in [-0.25, -0.2) is 0 Å². The van der Waals surface area contributed by atoms with Crippen molar-refractivity contribution in [3.05, 3.63) is 65.2 Å². The van der Waals surface area contributed by atoms with Gasteiger partial charge in [0.05, 0.1) is 0 Å². The molecule has 2 aliphatic heterocycles. The number of rotatable bonds is 2. The zero-order valence-electron chi connectivity index (χ0n) is 14.9. The molecular formula is C21H26S3. The number of fused-ring (bicyclic) bond motifs is 2. The van der Waals surface area contributed by atoms with Crippen molar-refractivity contribution in [2.45, 2.75) is 48.8 Å². The highest BCUT2D eigenvalue weighted by atomic mass is 33.1. The lowest BCUT2D eigenvalue weighted by molar-refractivity contribution is 0.630. The average molecular weight is 375 g/mol. The van der Waals surface area contributed by atoms with Gasteiger partial charge in [-0.2, -0.15) is 0 Å². The molecule has 0 amide bonds. The molecule has 0 N–H and O–H groups in total. The van der Waals surface area contributed by atoms with Gasteiger partial charge >= 0.3 is 0 Å². The van der Waals surface area contributed by atoms with Gasteiger partial charge in [-0.15, -0.1) is 11.8 Å². The third kappa shape index (κ3) is 4.00. The summed E-state index contributed by atoms with van der Waals surface area (Å²) in [5.74, 6) is 2.71. The molecule has 0 nitrogen and oxygen atoms in total. The Morgan fingerprint density at radius 1 is 0.792 bits per heavy atom. The van der Waals surface area contributed by atoms with E-state index in [-0.39, 0.29) is 0 Å². The third-order valence-corrected chi connectivity index (χ3v) is 9.20. The Hall–Kier alpha value is -0.510. The van der Waals surface area contributed by atoms with E-state index < -0.39 is 0 Å². The first-order chi connectivity index (χ1) is 11.6. The molecule has 0 aromatic heterocycles. The molecule has 2 aromatic rings. The molecular weight excluding hydrogens is 348 g/mol. The first-order valence-electron chi connectivity index (χ1n) is 8.69. The van der Waals surface area contributed by atoms with E-state index in [9.17, 15) is 0 Å². The molecule has 0 bridgehead atoms. The molecule has 0 fully saturated rings. The van der Waals surface area contributed by atoms with E-state index in [1.807, 2.05) is 21.6 Å². The Morgan fingerprint density at radius 3 is 2.12 bits per heavy atom. The van der Waals surface area contributed by atoms with Crippen LogP contribution in [0.2, 0.25) is 0 Å². The van der Waals surface area contributed by atoms with E-state index >= 15 is 0 Å². The Bertz CT molecular complexity index is 619. The van der Waals surface area contributed by atoms with E-state index in [0.29, 0.717) is 5.25 Å². The Kier molecular flexibility index (Phi) is 6.28. The maximum Gasteiger partial charge on any atom is 0.0438 e. The van der Waals surface area contributed by atoms with Crippen molar-refractivity contribution in [2.75, 3.05) is 0 Å². The second kappa shape index (κ2) is 8.25. The SMILES string of the molecule is CC(C)C1SCc2ccccc21.CC(C)C1SSc2ccccc21. The summed E-state index contributed by atoms with van der Waals surface area (Å²) >= 11 is 2.08. The van der Waals surface area contributed by atoms with Gasteiger partial charge in [0.1, 0.15) is 0 Å². The van der Waals surface area contributed by atoms with Crippen LogP contribution in [0.25, 0.3) is 0 Å². The highest BCUT2D eigenvalue weighted by Crippen LogP contribution is 2.55. The van der Waals surface area contributed by atoms with Crippen molar-refractivity contribution in [1.82, 2.24) is 0 Å². The predicted molar refractivity (Wildman–Crippen MR) is 113 cm³/mol. The van der Waals surface area contributed by atoms with Gasteiger partial charge in [0.25, 0.3) is 0 Å². The fraction of sp³-hybridized carbons (Fsp3) is 0.429. The van der Waals surface area contributed by atoms with Crippen LogP contribution >= 0.6 is 33.3 Å². The van der Waals surface area contributed by atoms with Crippen LogP contribution in [0.5, 0.6) is 0 Å². The summed E-state index contributed by atoms with van der Waals surface area (Å²) in [7, 11) is 3.92. The summed E-state index contributed by atoms with van der Waals surface area (Å²) < 4.78 is 0. The Balaban J connectivity index is 0.000000141. The first kappa shape index (κ1) is 18.3. The van der Waals surface area contributed by atoms with Crippen LogP contribution in [0.4, 0.5) is 0 Å². The van der Waals surface area contributed by atoms with Gasteiger partial charge in [0.15, 0.2) is 0 Å². The van der Waals surface area contributed by atoms with Crippen molar-refractivity contribution < 1.29 is 0 Å². The zero-order chi connectivity index (χ0) is 17.1. The van der Waals surface area contributed by atoms with Crippen LogP contribution < -0.4 is 0 Å². The molecule has 128 valence electrons. The van der Waals surface area contributed by atoms with Gasteiger partial charge in [0.2, 0.25) is 0 Å². The second-order valence-electron chi connectivity index (χ2n) is 7.06. The minimum absolute atomic E-state index is 0.700. The summed E-state index contributed by atoms with van der Waals surface area (Å²) in [5, 5.41) is 1.44. The van der Waals surface area contributed by atoms with Crippen molar-refractivity contribution in [2.24, 2.45) is 11.8 Å². The largest absolute Gasteiger partial charge is 0.149 e. The molecule has 4 rings (SSSR count). The Morgan fingerprint density at radius 2 is 1.42 bits per heavy atom. The minimum atomic E-state index is 0.700. The Labute approximate surface area is 159 Å². The van der Waals surface area contributed by atoms with E-state index in [1.54, 1.807) is 11.1 Å². The fourth-order valence-electron chi connectivity index (χ4n) is 3.18. The monoisotopic (exact) mass is 374 g/mol. The molecule has 2 aromatic carbocycles. The minimum Gasteiger partial charge on any atom is -0.149 e. The van der Waals surface area contributed by atoms with Crippen molar-refractivity contribution >= 4 is 33.3 Å². The molecule has 2 heterocycles. The standard InChI is InChI=1S/C11H14S.C10H12S2/c1-8(2)11-10-6-4-3-5-9(10)7-12-11;1-7(2)10-8-5-3-4-6-9(8)11-12-10/h3-6,8,11H,7H2,1-2H3;3-7,10H,1-2H3. The highest BCUT2D eigenvalue weighted by Gasteiger charge is 2.26. The van der Waals surface area contributed by atoms with Crippen LogP contribution in [0, 0.1) is 11.8 Å². The molecule has 0 saturated carbocycles. The maximum absolute atomic E-state index is 2.31. The summed E-state index contributed by atoms with van der Waals surface area (Å²) in [6, 6.07) is 17.6. The molecule has 3 heteroatoms. The van der Waals surface area contributed by atoms with E-state index in [2.05, 4.69) is 88.0 Å². The lowest BCUT2D eigenvalue weighted by Crippen LogP contribution is -1.98. The third-order valence-electron chi connectivity index (χ3n) is 4.46. The topological polar surface area (TPSA) is 0 Å². The maximum atomic E-state index is 2.31. The van der Waals surface area contributed by atoms with E-state index in [1.165, 1.54) is 16.2 Å². The van der Waals surface area contributed by atoms with E-state index in [4.69, 9.17) is 0 Å². The smallest absolute Gasteiger partial charge is 0.0438 e. The zero-order valence-corrected chi connectivity index (χ0v) is 17.3. The molecule has 24 heavy (non-hydrogen) atoms. The summed E-state index contributed by atoms with van der Waals surface area (Å²) in [5.41, 5.74) is 4.64. The number of hydrogen-bond donors (Lipinski definition) is 0. The molecule has 0 radical (unpaired) electrons. The lowest BCUT2D eigenvalue weighted by Gasteiger charge is -2.14. The van der Waals surface area contributed by atoms with Crippen LogP contribution in [-0.4, -0.2) is 0 Å². The lowest BCUT2D eigenvalue weighted by atomic mass is 9.99. The first-order valence-corrected chi connectivity index (χ1v) is 12.0. The summed E-state index contributed by atoms with van der Waals surface area (Å²) in [6.07, 6.45) is 0. The van der Waals surface area contributed by atoms with Gasteiger partial charge in [-0.3, -0.25) is 0 Å². The van der Waals surface area contributed by atoms with E-state index in [0.717, 1.165) is 17.1 Å². The normalized spacial score (nSPS) is 21.4. The second-order valence-corrected chi connectivity index (χ2v) is 10.6. The van der Waals surface area contributed by atoms with Gasteiger partial charge < -0.3 is 0 Å². The van der Waals surface area contributed by atoms with Gasteiger partial charge in [-0.05, 0) is 34.6 Å². The summed E-state index contributed by atoms with van der Waals surface area (Å²) in [6.45, 7) is 9.19. The molecule has 2 aliphatic rings. The van der Waals surface area contributed by atoms with Gasteiger partial charge in [0, 0.05) is 21.1 Å². The molecule has 2 atom stereocenters. The number of hydrogen-bond acceptors (Lipinski definition) is 3. The van der Waals surface area contributed by atoms with Crippen molar-refractivity contribution in [3.63, 3.8) is 0 Å². The molecule has 0 saturated heterocycles. The summed E-state index contributed by atoms with van der Waals surface area (Å²) in [4.78, 5) is 1.46. The van der Waals surface area contributed by atoms with Crippen molar-refractivity contribution in [1.29, 1.82) is 0 Å². The molecule has 2 unspecified atom stereocenters. The van der Waals surface area contributed by atoms with Crippen molar-refractivity contribution in [3.8, 4) is 0 Å².